The number of phenolic OH excluding ortho intramolecular Hbond substituents is 1. The number of nitrogen functional groups attached to an aromatic ring is 1. The summed E-state index contributed by atoms with van der Waals surface area (Å²) < 4.78 is 5.03. The number of nitrogens with one attached hydrogen (secondary N) is 1. The molecule has 0 amide bonds. The molecule has 0 atom stereocenters. The summed E-state index contributed by atoms with van der Waals surface area (Å²) in [6, 6.07) is 5.08. The van der Waals surface area contributed by atoms with Crippen LogP contribution in [0.2, 0.25) is 0 Å². The average Bonchev–Trinajstić information content (AvgIpc) is 2.94. The van der Waals surface area contributed by atoms with E-state index in [-0.39, 0.29) is 5.75 Å². The summed E-state index contributed by atoms with van der Waals surface area (Å²) in [6.07, 6.45) is 0. The lowest BCUT2D eigenvalue weighted by Crippen LogP contribution is -2.12. The zero-order valence-corrected chi connectivity index (χ0v) is 11.7. The maximum absolute atomic E-state index is 9.85. The van der Waals surface area contributed by atoms with Crippen LogP contribution in [-0.4, -0.2) is 22.2 Å². The first kappa shape index (κ1) is 13.0. The second kappa shape index (κ2) is 5.18. The van der Waals surface area contributed by atoms with Gasteiger partial charge in [0.15, 0.2) is 17.3 Å². The molecule has 0 saturated carbocycles. The number of hydrogen-bond donors (Lipinski definition) is 3. The van der Waals surface area contributed by atoms with Gasteiger partial charge in [0, 0.05) is 22.6 Å². The van der Waals surface area contributed by atoms with Crippen molar-refractivity contribution < 1.29 is 9.84 Å². The molecule has 4 N–H and O–H groups in total. The number of anilines is 1. The standard InChI is InChI=1S/C13H14N4O2S/c1-19-11-3-2-7(4-10(11)18)12-15-9-6-20-5-8(9)13(16-12)17-14/h2-4,18H,5-6,14H2,1H3,(H,15,16,17). The van der Waals surface area contributed by atoms with Gasteiger partial charge in [-0.05, 0) is 18.2 Å². The molecule has 1 aliphatic rings. The number of methoxy groups -OCH3 is 1. The fraction of sp³-hybridized carbons (Fsp3) is 0.231. The summed E-state index contributed by atoms with van der Waals surface area (Å²) in [7, 11) is 1.51. The van der Waals surface area contributed by atoms with Crippen molar-refractivity contribution in [2.45, 2.75) is 11.5 Å². The van der Waals surface area contributed by atoms with Crippen LogP contribution in [0.3, 0.4) is 0 Å². The third-order valence-corrected chi connectivity index (χ3v) is 4.12. The van der Waals surface area contributed by atoms with Gasteiger partial charge in [-0.3, -0.25) is 0 Å². The van der Waals surface area contributed by atoms with Crippen LogP contribution in [0.1, 0.15) is 11.3 Å². The van der Waals surface area contributed by atoms with Gasteiger partial charge in [0.2, 0.25) is 0 Å². The van der Waals surface area contributed by atoms with Gasteiger partial charge in [0.05, 0.1) is 12.8 Å². The van der Waals surface area contributed by atoms with Crippen molar-refractivity contribution in [3.8, 4) is 22.9 Å². The van der Waals surface area contributed by atoms with Crippen molar-refractivity contribution >= 4 is 17.6 Å². The van der Waals surface area contributed by atoms with Crippen molar-refractivity contribution in [1.29, 1.82) is 0 Å². The van der Waals surface area contributed by atoms with Gasteiger partial charge in [-0.15, -0.1) is 0 Å². The number of nitrogens with two attached hydrogens (primary N) is 1. The smallest absolute Gasteiger partial charge is 0.162 e. The normalized spacial score (nSPS) is 13.1. The largest absolute Gasteiger partial charge is 0.504 e. The molecule has 6 nitrogen and oxygen atoms in total. The summed E-state index contributed by atoms with van der Waals surface area (Å²) in [6.45, 7) is 0. The Kier molecular flexibility index (Phi) is 3.37. The molecule has 104 valence electrons. The number of phenols is 1. The minimum atomic E-state index is 0.0609. The second-order valence-corrected chi connectivity index (χ2v) is 5.33. The Bertz CT molecular complexity index is 663. The number of aromatic hydroxyl groups is 1. The van der Waals surface area contributed by atoms with Gasteiger partial charge >= 0.3 is 0 Å². The summed E-state index contributed by atoms with van der Waals surface area (Å²) in [5.74, 6) is 8.90. The highest BCUT2D eigenvalue weighted by molar-refractivity contribution is 7.98. The maximum Gasteiger partial charge on any atom is 0.162 e. The molecule has 2 heterocycles. The van der Waals surface area contributed by atoms with Crippen LogP contribution in [0.5, 0.6) is 11.5 Å². The second-order valence-electron chi connectivity index (χ2n) is 4.34. The number of hydrogen-bond acceptors (Lipinski definition) is 7. The molecule has 1 aliphatic heterocycles. The van der Waals surface area contributed by atoms with E-state index in [4.69, 9.17) is 10.6 Å². The molecule has 0 bridgehead atoms. The van der Waals surface area contributed by atoms with Crippen LogP contribution in [0.15, 0.2) is 18.2 Å². The SMILES string of the molecule is COc1ccc(-c2nc3c(c(NN)n2)CSC3)cc1O. The highest BCUT2D eigenvalue weighted by atomic mass is 32.2. The molecule has 0 spiro atoms. The monoisotopic (exact) mass is 290 g/mol. The van der Waals surface area contributed by atoms with E-state index in [0.29, 0.717) is 17.4 Å². The third kappa shape index (κ3) is 2.14. The van der Waals surface area contributed by atoms with Crippen molar-refractivity contribution in [1.82, 2.24) is 9.97 Å². The van der Waals surface area contributed by atoms with Crippen molar-refractivity contribution in [2.75, 3.05) is 12.5 Å². The van der Waals surface area contributed by atoms with Crippen LogP contribution in [0.4, 0.5) is 5.82 Å². The molecule has 0 aliphatic carbocycles. The van der Waals surface area contributed by atoms with E-state index in [1.54, 1.807) is 23.9 Å². The first-order chi connectivity index (χ1) is 9.72. The molecular formula is C13H14N4O2S. The molecule has 0 unspecified atom stereocenters. The number of ether oxygens (including phenoxy) is 1. The Morgan fingerprint density at radius 1 is 1.35 bits per heavy atom. The summed E-state index contributed by atoms with van der Waals surface area (Å²) >= 11 is 1.78. The number of rotatable bonds is 3. The van der Waals surface area contributed by atoms with E-state index in [1.807, 2.05) is 6.07 Å². The third-order valence-electron chi connectivity index (χ3n) is 3.15. The van der Waals surface area contributed by atoms with Crippen molar-refractivity contribution in [3.63, 3.8) is 0 Å². The van der Waals surface area contributed by atoms with Gasteiger partial charge in [0.1, 0.15) is 5.82 Å². The molecule has 3 rings (SSSR count). The first-order valence-electron chi connectivity index (χ1n) is 6.04. The van der Waals surface area contributed by atoms with Gasteiger partial charge in [-0.2, -0.15) is 11.8 Å². The maximum atomic E-state index is 9.85. The number of nitrogens with zero attached hydrogens (tertiary/aromatic N) is 2. The first-order valence-corrected chi connectivity index (χ1v) is 7.20. The van der Waals surface area contributed by atoms with Crippen molar-refractivity contribution in [2.24, 2.45) is 5.84 Å². The van der Waals surface area contributed by atoms with Crippen molar-refractivity contribution in [3.05, 3.63) is 29.5 Å². The minimum Gasteiger partial charge on any atom is -0.504 e. The molecule has 20 heavy (non-hydrogen) atoms. The van der Waals surface area contributed by atoms with Gasteiger partial charge < -0.3 is 15.3 Å². The molecule has 0 fully saturated rings. The van der Waals surface area contributed by atoms with E-state index in [2.05, 4.69) is 15.4 Å². The van der Waals surface area contributed by atoms with Crippen LogP contribution >= 0.6 is 11.8 Å². The van der Waals surface area contributed by atoms with E-state index in [0.717, 1.165) is 28.3 Å². The van der Waals surface area contributed by atoms with Crippen LogP contribution in [0.25, 0.3) is 11.4 Å². The molecule has 1 aromatic carbocycles. The fourth-order valence-corrected chi connectivity index (χ4v) is 3.17. The topological polar surface area (TPSA) is 93.3 Å². The van der Waals surface area contributed by atoms with Gasteiger partial charge in [-0.1, -0.05) is 0 Å². The number of hydrazine groups is 1. The molecule has 1 aromatic heterocycles. The number of thioether (sulfide) groups is 1. The number of benzene rings is 1. The van der Waals surface area contributed by atoms with E-state index < -0.39 is 0 Å². The molecule has 2 aromatic rings. The fourth-order valence-electron chi connectivity index (χ4n) is 2.13. The minimum absolute atomic E-state index is 0.0609. The van der Waals surface area contributed by atoms with Gasteiger partial charge in [0.25, 0.3) is 0 Å². The zero-order valence-electron chi connectivity index (χ0n) is 10.9. The lowest BCUT2D eigenvalue weighted by Gasteiger charge is -2.10. The van der Waals surface area contributed by atoms with Gasteiger partial charge in [-0.25, -0.2) is 15.8 Å². The molecular weight excluding hydrogens is 276 g/mol. The summed E-state index contributed by atoms with van der Waals surface area (Å²) in [5, 5.41) is 9.85. The number of fused-ring (bicyclic) bond motifs is 1. The predicted octanol–water partition coefficient (Wildman–Crippen LogP) is 1.89. The number of aromatic nitrogens is 2. The predicted molar refractivity (Wildman–Crippen MR) is 78.5 cm³/mol. The lowest BCUT2D eigenvalue weighted by molar-refractivity contribution is 0.373. The highest BCUT2D eigenvalue weighted by Gasteiger charge is 2.20. The van der Waals surface area contributed by atoms with Crippen LogP contribution in [0, 0.1) is 0 Å². The Labute approximate surface area is 120 Å². The molecule has 0 saturated heterocycles. The van der Waals surface area contributed by atoms with E-state index >= 15 is 0 Å². The highest BCUT2D eigenvalue weighted by Crippen LogP contribution is 2.35. The quantitative estimate of drug-likeness (QED) is 0.587. The Morgan fingerprint density at radius 2 is 2.20 bits per heavy atom. The zero-order chi connectivity index (χ0) is 14.1. The van der Waals surface area contributed by atoms with E-state index in [9.17, 15) is 5.11 Å². The van der Waals surface area contributed by atoms with E-state index in [1.165, 1.54) is 7.11 Å². The lowest BCUT2D eigenvalue weighted by atomic mass is 10.1. The molecule has 0 radical (unpaired) electrons. The Morgan fingerprint density at radius 3 is 2.90 bits per heavy atom. The van der Waals surface area contributed by atoms with Crippen LogP contribution < -0.4 is 16.0 Å². The molecule has 7 heteroatoms. The van der Waals surface area contributed by atoms with Crippen LogP contribution in [-0.2, 0) is 11.5 Å². The Hall–Kier alpha value is -1.99. The summed E-state index contributed by atoms with van der Waals surface area (Å²) in [4.78, 5) is 8.97. The Balaban J connectivity index is 2.08. The average molecular weight is 290 g/mol. The summed E-state index contributed by atoms with van der Waals surface area (Å²) in [5.41, 5.74) is 5.39.